The first-order valence-corrected chi connectivity index (χ1v) is 4.47. The van der Waals surface area contributed by atoms with Crippen LogP contribution in [0.3, 0.4) is 0 Å². The number of fused-ring (bicyclic) bond motifs is 1. The average molecular weight is 151 g/mol. The lowest BCUT2D eigenvalue weighted by molar-refractivity contribution is 0.00135. The van der Waals surface area contributed by atoms with Crippen molar-refractivity contribution in [2.75, 3.05) is 13.1 Å². The Hall–Kier alpha value is -0.340. The van der Waals surface area contributed by atoms with E-state index in [9.17, 15) is 0 Å². The van der Waals surface area contributed by atoms with Gasteiger partial charge in [0.25, 0.3) is 0 Å². The highest BCUT2D eigenvalue weighted by atomic mass is 16.5. The fraction of sp³-hybridized carbons (Fsp3) is 0.778. The van der Waals surface area contributed by atoms with Crippen molar-refractivity contribution in [1.82, 2.24) is 5.32 Å². The van der Waals surface area contributed by atoms with E-state index in [4.69, 9.17) is 4.74 Å². The van der Waals surface area contributed by atoms with Crippen LogP contribution < -0.4 is 5.32 Å². The molecule has 11 heavy (non-hydrogen) atoms. The van der Waals surface area contributed by atoms with Crippen molar-refractivity contribution < 1.29 is 4.74 Å². The van der Waals surface area contributed by atoms with Crippen molar-refractivity contribution in [1.29, 1.82) is 0 Å². The minimum absolute atomic E-state index is 0.114. The van der Waals surface area contributed by atoms with Crippen LogP contribution >= 0.6 is 0 Å². The lowest BCUT2D eigenvalue weighted by Gasteiger charge is -2.35. The molecule has 2 saturated heterocycles. The van der Waals surface area contributed by atoms with Gasteiger partial charge in [-0.15, -0.1) is 0 Å². The molecule has 3 rings (SSSR count). The molecule has 3 aliphatic heterocycles. The zero-order valence-corrected chi connectivity index (χ0v) is 6.55. The molecule has 3 aliphatic rings. The largest absolute Gasteiger partial charge is 0.362 e. The van der Waals surface area contributed by atoms with Crippen molar-refractivity contribution in [3.05, 3.63) is 12.2 Å². The van der Waals surface area contributed by atoms with Crippen LogP contribution in [0.25, 0.3) is 0 Å². The predicted octanol–water partition coefficient (Wildman–Crippen LogP) is 0.693. The molecule has 3 atom stereocenters. The van der Waals surface area contributed by atoms with Gasteiger partial charge in [-0.3, -0.25) is 0 Å². The summed E-state index contributed by atoms with van der Waals surface area (Å²) >= 11 is 0. The molecule has 0 unspecified atom stereocenters. The fourth-order valence-electron chi connectivity index (χ4n) is 2.64. The van der Waals surface area contributed by atoms with Crippen molar-refractivity contribution in [3.63, 3.8) is 0 Å². The number of piperidine rings is 1. The standard InChI is InChI=1S/C9H13NO/c1-3-9-6-10-4-2-7(9)5-8(1)11-9/h1,3,7-8,10H,2,4-6H2/t7-,8-,9-/m1/s1. The van der Waals surface area contributed by atoms with Crippen molar-refractivity contribution in [2.24, 2.45) is 5.92 Å². The molecule has 0 aliphatic carbocycles. The minimum atomic E-state index is 0.114. The van der Waals surface area contributed by atoms with Crippen molar-refractivity contribution in [3.8, 4) is 0 Å². The van der Waals surface area contributed by atoms with Crippen molar-refractivity contribution >= 4 is 0 Å². The van der Waals surface area contributed by atoms with E-state index in [-0.39, 0.29) is 5.60 Å². The van der Waals surface area contributed by atoms with Gasteiger partial charge in [-0.1, -0.05) is 12.2 Å². The van der Waals surface area contributed by atoms with E-state index in [1.165, 1.54) is 19.4 Å². The van der Waals surface area contributed by atoms with Gasteiger partial charge in [0, 0.05) is 6.54 Å². The first kappa shape index (κ1) is 6.21. The molecule has 60 valence electrons. The Labute approximate surface area is 66.6 Å². The summed E-state index contributed by atoms with van der Waals surface area (Å²) in [5.41, 5.74) is 0.114. The second-order valence-corrected chi connectivity index (χ2v) is 3.87. The lowest BCUT2D eigenvalue weighted by atomic mass is 9.79. The van der Waals surface area contributed by atoms with Crippen LogP contribution in [0.5, 0.6) is 0 Å². The maximum absolute atomic E-state index is 5.89. The molecule has 0 amide bonds. The van der Waals surface area contributed by atoms with Gasteiger partial charge in [0.05, 0.1) is 6.10 Å². The summed E-state index contributed by atoms with van der Waals surface area (Å²) < 4.78 is 5.89. The Morgan fingerprint density at radius 1 is 1.55 bits per heavy atom. The van der Waals surface area contributed by atoms with Gasteiger partial charge in [0.15, 0.2) is 0 Å². The molecule has 0 radical (unpaired) electrons. The number of hydrogen-bond acceptors (Lipinski definition) is 2. The van der Waals surface area contributed by atoms with Gasteiger partial charge in [0.2, 0.25) is 0 Å². The van der Waals surface area contributed by atoms with Crippen molar-refractivity contribution in [2.45, 2.75) is 24.5 Å². The van der Waals surface area contributed by atoms with Crippen LogP contribution in [0.2, 0.25) is 0 Å². The molecular formula is C9H13NO. The van der Waals surface area contributed by atoms with E-state index < -0.39 is 0 Å². The lowest BCUT2D eigenvalue weighted by Crippen LogP contribution is -2.48. The Balaban J connectivity index is 1.97. The topological polar surface area (TPSA) is 21.3 Å². The highest BCUT2D eigenvalue weighted by Gasteiger charge is 2.50. The highest BCUT2D eigenvalue weighted by Crippen LogP contribution is 2.45. The van der Waals surface area contributed by atoms with E-state index in [0.29, 0.717) is 6.10 Å². The van der Waals surface area contributed by atoms with E-state index in [2.05, 4.69) is 17.5 Å². The molecule has 0 aromatic carbocycles. The zero-order valence-electron chi connectivity index (χ0n) is 6.55. The van der Waals surface area contributed by atoms with E-state index in [1.54, 1.807) is 0 Å². The molecule has 2 bridgehead atoms. The monoisotopic (exact) mass is 151 g/mol. The molecular weight excluding hydrogens is 138 g/mol. The van der Waals surface area contributed by atoms with E-state index in [0.717, 1.165) is 12.5 Å². The summed E-state index contributed by atoms with van der Waals surface area (Å²) in [6.45, 7) is 2.21. The summed E-state index contributed by atoms with van der Waals surface area (Å²) in [5, 5.41) is 3.40. The van der Waals surface area contributed by atoms with Crippen LogP contribution in [0.1, 0.15) is 12.8 Å². The van der Waals surface area contributed by atoms with Gasteiger partial charge in [-0.05, 0) is 25.3 Å². The van der Waals surface area contributed by atoms with Gasteiger partial charge in [-0.2, -0.15) is 0 Å². The first-order valence-electron chi connectivity index (χ1n) is 4.47. The average Bonchev–Trinajstić information content (AvgIpc) is 2.57. The zero-order chi connectivity index (χ0) is 7.31. The van der Waals surface area contributed by atoms with Gasteiger partial charge >= 0.3 is 0 Å². The molecule has 2 heteroatoms. The van der Waals surface area contributed by atoms with Crippen LogP contribution in [-0.2, 0) is 4.74 Å². The van der Waals surface area contributed by atoms with E-state index in [1.807, 2.05) is 0 Å². The Kier molecular flexibility index (Phi) is 1.06. The summed E-state index contributed by atoms with van der Waals surface area (Å²) in [4.78, 5) is 0. The molecule has 1 spiro atoms. The highest BCUT2D eigenvalue weighted by molar-refractivity contribution is 5.22. The molecule has 2 fully saturated rings. The fourth-order valence-corrected chi connectivity index (χ4v) is 2.64. The number of rotatable bonds is 0. The molecule has 0 aromatic heterocycles. The van der Waals surface area contributed by atoms with E-state index >= 15 is 0 Å². The third-order valence-corrected chi connectivity index (χ3v) is 3.24. The van der Waals surface area contributed by atoms with Gasteiger partial charge in [0.1, 0.15) is 5.60 Å². The smallest absolute Gasteiger partial charge is 0.102 e. The van der Waals surface area contributed by atoms with Gasteiger partial charge < -0.3 is 10.1 Å². The predicted molar refractivity (Wildman–Crippen MR) is 42.3 cm³/mol. The van der Waals surface area contributed by atoms with Crippen LogP contribution in [-0.4, -0.2) is 24.8 Å². The van der Waals surface area contributed by atoms with Crippen LogP contribution in [0, 0.1) is 5.92 Å². The second-order valence-electron chi connectivity index (χ2n) is 3.87. The molecule has 0 saturated carbocycles. The molecule has 0 aromatic rings. The SMILES string of the molecule is C1=C[C@@]23CNCC[C@@H]2C[C@@H]1O3. The number of nitrogens with one attached hydrogen (secondary N) is 1. The van der Waals surface area contributed by atoms with Gasteiger partial charge in [-0.25, -0.2) is 0 Å². The number of ether oxygens (including phenoxy) is 1. The molecule has 1 N–H and O–H groups in total. The third-order valence-electron chi connectivity index (χ3n) is 3.24. The maximum Gasteiger partial charge on any atom is 0.102 e. The molecule has 3 heterocycles. The summed E-state index contributed by atoms with van der Waals surface area (Å²) in [6.07, 6.45) is 7.50. The third kappa shape index (κ3) is 0.690. The van der Waals surface area contributed by atoms with Crippen LogP contribution in [0.15, 0.2) is 12.2 Å². The second kappa shape index (κ2) is 1.87. The minimum Gasteiger partial charge on any atom is -0.362 e. The summed E-state index contributed by atoms with van der Waals surface area (Å²) in [6, 6.07) is 0. The molecule has 2 nitrogen and oxygen atoms in total. The Morgan fingerprint density at radius 2 is 2.55 bits per heavy atom. The summed E-state index contributed by atoms with van der Waals surface area (Å²) in [7, 11) is 0. The maximum atomic E-state index is 5.89. The summed E-state index contributed by atoms with van der Waals surface area (Å²) in [5.74, 6) is 0.804. The van der Waals surface area contributed by atoms with Crippen LogP contribution in [0.4, 0.5) is 0 Å². The quantitative estimate of drug-likeness (QED) is 0.514. The Morgan fingerprint density at radius 3 is 3.36 bits per heavy atom. The number of hydrogen-bond donors (Lipinski definition) is 1. The normalized spacial score (nSPS) is 53.1. The Bertz CT molecular complexity index is 214. The first-order chi connectivity index (χ1) is 5.39.